The Hall–Kier alpha value is -1.85. The van der Waals surface area contributed by atoms with Gasteiger partial charge in [0, 0.05) is 5.92 Å². The SMILES string of the molecule is CCC1C(=O)N(c2ccc(C(F)(F)F)cc2)C(=O)C1C. The molecule has 1 aliphatic heterocycles. The molecule has 3 nitrogen and oxygen atoms in total. The molecule has 0 radical (unpaired) electrons. The van der Waals surface area contributed by atoms with Crippen molar-refractivity contribution < 1.29 is 22.8 Å². The summed E-state index contributed by atoms with van der Waals surface area (Å²) in [5.74, 6) is -1.54. The number of hydrogen-bond acceptors (Lipinski definition) is 2. The molecular weight excluding hydrogens is 271 g/mol. The number of carbonyl (C=O) groups is 2. The first-order chi connectivity index (χ1) is 9.27. The quantitative estimate of drug-likeness (QED) is 0.782. The summed E-state index contributed by atoms with van der Waals surface area (Å²) in [4.78, 5) is 25.2. The average molecular weight is 285 g/mol. The molecule has 1 aromatic carbocycles. The lowest BCUT2D eigenvalue weighted by Crippen LogP contribution is -2.30. The number of anilines is 1. The van der Waals surface area contributed by atoms with Gasteiger partial charge in [-0.1, -0.05) is 13.8 Å². The standard InChI is InChI=1S/C14H14F3NO2/c1-3-11-8(2)12(19)18(13(11)20)10-6-4-9(5-7-10)14(15,16)17/h4-8,11H,3H2,1-2H3. The minimum Gasteiger partial charge on any atom is -0.274 e. The number of halogens is 3. The molecule has 2 atom stereocenters. The lowest BCUT2D eigenvalue weighted by molar-refractivity contribution is -0.137. The van der Waals surface area contributed by atoms with E-state index in [2.05, 4.69) is 0 Å². The van der Waals surface area contributed by atoms with Gasteiger partial charge in [-0.2, -0.15) is 13.2 Å². The van der Waals surface area contributed by atoms with Crippen LogP contribution in [0, 0.1) is 11.8 Å². The average Bonchev–Trinajstić information content (AvgIpc) is 2.59. The molecule has 1 aliphatic rings. The van der Waals surface area contributed by atoms with Crippen molar-refractivity contribution in [2.24, 2.45) is 11.8 Å². The third kappa shape index (κ3) is 2.30. The van der Waals surface area contributed by atoms with Gasteiger partial charge in [0.25, 0.3) is 0 Å². The Labute approximate surface area is 114 Å². The lowest BCUT2D eigenvalue weighted by Gasteiger charge is -2.15. The molecule has 1 saturated heterocycles. The highest BCUT2D eigenvalue weighted by molar-refractivity contribution is 6.21. The van der Waals surface area contributed by atoms with Crippen molar-refractivity contribution >= 4 is 17.5 Å². The zero-order valence-electron chi connectivity index (χ0n) is 11.1. The van der Waals surface area contributed by atoms with Crippen LogP contribution in [0.5, 0.6) is 0 Å². The highest BCUT2D eigenvalue weighted by atomic mass is 19.4. The van der Waals surface area contributed by atoms with E-state index in [-0.39, 0.29) is 17.5 Å². The number of hydrogen-bond donors (Lipinski definition) is 0. The van der Waals surface area contributed by atoms with E-state index in [0.29, 0.717) is 6.42 Å². The van der Waals surface area contributed by atoms with Crippen LogP contribution in [0.4, 0.5) is 18.9 Å². The van der Waals surface area contributed by atoms with E-state index in [4.69, 9.17) is 0 Å². The molecule has 0 aromatic heterocycles. The highest BCUT2D eigenvalue weighted by Crippen LogP contribution is 2.35. The van der Waals surface area contributed by atoms with Gasteiger partial charge >= 0.3 is 6.18 Å². The molecule has 20 heavy (non-hydrogen) atoms. The second-order valence-electron chi connectivity index (χ2n) is 4.86. The Morgan fingerprint density at radius 1 is 1.10 bits per heavy atom. The van der Waals surface area contributed by atoms with Gasteiger partial charge in [0.05, 0.1) is 17.2 Å². The van der Waals surface area contributed by atoms with Gasteiger partial charge in [0.2, 0.25) is 11.8 Å². The fourth-order valence-electron chi connectivity index (χ4n) is 2.45. The molecule has 1 heterocycles. The first-order valence-corrected chi connectivity index (χ1v) is 6.32. The fraction of sp³-hybridized carbons (Fsp3) is 0.429. The van der Waals surface area contributed by atoms with Gasteiger partial charge in [-0.3, -0.25) is 14.5 Å². The van der Waals surface area contributed by atoms with Crippen LogP contribution in [0.1, 0.15) is 25.8 Å². The molecule has 6 heteroatoms. The van der Waals surface area contributed by atoms with E-state index in [9.17, 15) is 22.8 Å². The normalized spacial score (nSPS) is 23.6. The molecule has 2 unspecified atom stereocenters. The molecule has 0 spiro atoms. The summed E-state index contributed by atoms with van der Waals surface area (Å²) in [5.41, 5.74) is -0.615. The predicted octanol–water partition coefficient (Wildman–Crippen LogP) is 3.24. The van der Waals surface area contributed by atoms with Crippen molar-refractivity contribution in [1.29, 1.82) is 0 Å². The Kier molecular flexibility index (Phi) is 3.58. The maximum Gasteiger partial charge on any atom is 0.416 e. The molecule has 108 valence electrons. The summed E-state index contributed by atoms with van der Waals surface area (Å²) in [5, 5.41) is 0. The summed E-state index contributed by atoms with van der Waals surface area (Å²) in [7, 11) is 0. The second kappa shape index (κ2) is 4.92. The maximum absolute atomic E-state index is 12.5. The summed E-state index contributed by atoms with van der Waals surface area (Å²) in [6, 6.07) is 4.06. The molecule has 2 rings (SSSR count). The summed E-state index contributed by atoms with van der Waals surface area (Å²) in [6.45, 7) is 3.47. The van der Waals surface area contributed by atoms with Crippen molar-refractivity contribution in [3.05, 3.63) is 29.8 Å². The Bertz CT molecular complexity index is 536. The van der Waals surface area contributed by atoms with E-state index >= 15 is 0 Å². The van der Waals surface area contributed by atoms with Crippen molar-refractivity contribution in [3.8, 4) is 0 Å². The number of benzene rings is 1. The fourth-order valence-corrected chi connectivity index (χ4v) is 2.45. The topological polar surface area (TPSA) is 37.4 Å². The van der Waals surface area contributed by atoms with Crippen LogP contribution in [0.25, 0.3) is 0 Å². The van der Waals surface area contributed by atoms with Crippen LogP contribution in [0.2, 0.25) is 0 Å². The predicted molar refractivity (Wildman–Crippen MR) is 66.9 cm³/mol. The molecule has 1 aromatic rings. The summed E-state index contributed by atoms with van der Waals surface area (Å²) in [6.07, 6.45) is -3.90. The lowest BCUT2D eigenvalue weighted by atomic mass is 9.95. The van der Waals surface area contributed by atoms with Crippen LogP contribution in [0.15, 0.2) is 24.3 Å². The molecule has 0 saturated carbocycles. The van der Waals surface area contributed by atoms with E-state index < -0.39 is 23.6 Å². The van der Waals surface area contributed by atoms with Crippen molar-refractivity contribution in [2.75, 3.05) is 4.90 Å². The van der Waals surface area contributed by atoms with Gasteiger partial charge in [-0.15, -0.1) is 0 Å². The van der Waals surface area contributed by atoms with Crippen molar-refractivity contribution in [1.82, 2.24) is 0 Å². The van der Waals surface area contributed by atoms with E-state index in [1.807, 2.05) is 6.92 Å². The molecule has 0 N–H and O–H groups in total. The molecule has 2 amide bonds. The molecule has 0 bridgehead atoms. The third-order valence-corrected chi connectivity index (χ3v) is 3.64. The second-order valence-corrected chi connectivity index (χ2v) is 4.86. The minimum atomic E-state index is -4.43. The number of alkyl halides is 3. The van der Waals surface area contributed by atoms with Gasteiger partial charge in [0.1, 0.15) is 0 Å². The Morgan fingerprint density at radius 3 is 2.05 bits per heavy atom. The van der Waals surface area contributed by atoms with E-state index in [1.165, 1.54) is 0 Å². The minimum absolute atomic E-state index is 0.191. The van der Waals surface area contributed by atoms with Gasteiger partial charge in [-0.05, 0) is 30.7 Å². The summed E-state index contributed by atoms with van der Waals surface area (Å²) >= 11 is 0. The largest absolute Gasteiger partial charge is 0.416 e. The molecule has 0 aliphatic carbocycles. The first kappa shape index (κ1) is 14.6. The Morgan fingerprint density at radius 2 is 1.65 bits per heavy atom. The highest BCUT2D eigenvalue weighted by Gasteiger charge is 2.44. The van der Waals surface area contributed by atoms with Crippen LogP contribution >= 0.6 is 0 Å². The smallest absolute Gasteiger partial charge is 0.274 e. The zero-order valence-corrected chi connectivity index (χ0v) is 11.1. The van der Waals surface area contributed by atoms with Gasteiger partial charge in [0.15, 0.2) is 0 Å². The van der Waals surface area contributed by atoms with Crippen molar-refractivity contribution in [3.63, 3.8) is 0 Å². The van der Waals surface area contributed by atoms with E-state index in [1.54, 1.807) is 6.92 Å². The maximum atomic E-state index is 12.5. The monoisotopic (exact) mass is 285 g/mol. The van der Waals surface area contributed by atoms with Crippen LogP contribution in [-0.4, -0.2) is 11.8 Å². The third-order valence-electron chi connectivity index (χ3n) is 3.64. The zero-order chi connectivity index (χ0) is 15.1. The van der Waals surface area contributed by atoms with Crippen LogP contribution < -0.4 is 4.90 Å². The van der Waals surface area contributed by atoms with E-state index in [0.717, 1.165) is 29.2 Å². The number of amides is 2. The van der Waals surface area contributed by atoms with Gasteiger partial charge < -0.3 is 0 Å². The molecule has 1 fully saturated rings. The number of rotatable bonds is 2. The van der Waals surface area contributed by atoms with Crippen molar-refractivity contribution in [2.45, 2.75) is 26.4 Å². The Balaban J connectivity index is 2.33. The van der Waals surface area contributed by atoms with Crippen LogP contribution in [0.3, 0.4) is 0 Å². The molecular formula is C14H14F3NO2. The van der Waals surface area contributed by atoms with Crippen LogP contribution in [-0.2, 0) is 15.8 Å². The first-order valence-electron chi connectivity index (χ1n) is 6.32. The summed E-state index contributed by atoms with van der Waals surface area (Å²) < 4.78 is 37.4. The van der Waals surface area contributed by atoms with Gasteiger partial charge in [-0.25, -0.2) is 0 Å². The number of nitrogens with zero attached hydrogens (tertiary/aromatic N) is 1. The number of imide groups is 1. The number of carbonyl (C=O) groups excluding carboxylic acids is 2.